The molecule has 0 aliphatic heterocycles. The van der Waals surface area contributed by atoms with Gasteiger partial charge in [0.05, 0.1) is 6.04 Å². The van der Waals surface area contributed by atoms with Crippen molar-refractivity contribution in [3.8, 4) is 0 Å². The summed E-state index contributed by atoms with van der Waals surface area (Å²) in [7, 11) is 0. The molecule has 0 bridgehead atoms. The average Bonchev–Trinajstić information content (AvgIpc) is 2.38. The minimum Gasteiger partial charge on any atom is -0.354 e. The van der Waals surface area contributed by atoms with E-state index in [1.165, 1.54) is 0 Å². The predicted octanol–water partition coefficient (Wildman–Crippen LogP) is -0.742. The van der Waals surface area contributed by atoms with Crippen LogP contribution < -0.4 is 22.1 Å². The molecule has 0 fully saturated rings. The molecule has 1 aromatic rings. The number of imide groups is 1. The van der Waals surface area contributed by atoms with Crippen molar-refractivity contribution in [2.24, 2.45) is 11.5 Å². The van der Waals surface area contributed by atoms with Crippen LogP contribution in [0.25, 0.3) is 0 Å². The fourth-order valence-corrected chi connectivity index (χ4v) is 1.59. The Bertz CT molecular complexity index is 476. The highest BCUT2D eigenvalue weighted by Gasteiger charge is 2.14. The summed E-state index contributed by atoms with van der Waals surface area (Å²) in [4.78, 5) is 33.2. The Morgan fingerprint density at radius 3 is 2.40 bits per heavy atom. The summed E-state index contributed by atoms with van der Waals surface area (Å²) in [6.07, 6.45) is 0.382. The van der Waals surface area contributed by atoms with Crippen LogP contribution in [0.2, 0.25) is 0 Å². The van der Waals surface area contributed by atoms with Gasteiger partial charge < -0.3 is 16.8 Å². The lowest BCUT2D eigenvalue weighted by Gasteiger charge is -2.12. The molecule has 7 nitrogen and oxygen atoms in total. The maximum atomic E-state index is 11.7. The van der Waals surface area contributed by atoms with Crippen LogP contribution in [0.5, 0.6) is 0 Å². The van der Waals surface area contributed by atoms with Crippen LogP contribution in [-0.4, -0.2) is 30.4 Å². The molecule has 0 aliphatic carbocycles. The Kier molecular flexibility index (Phi) is 6.18. The Labute approximate surface area is 116 Å². The summed E-state index contributed by atoms with van der Waals surface area (Å²) >= 11 is 0. The molecule has 1 rings (SSSR count). The van der Waals surface area contributed by atoms with Crippen molar-refractivity contribution in [3.63, 3.8) is 0 Å². The summed E-state index contributed by atoms with van der Waals surface area (Å²) in [5, 5.41) is 4.43. The maximum Gasteiger partial charge on any atom is 0.318 e. The molecule has 1 atom stereocenters. The average molecular weight is 278 g/mol. The van der Waals surface area contributed by atoms with Crippen LogP contribution in [0.1, 0.15) is 12.0 Å². The molecule has 0 spiro atoms. The third kappa shape index (κ3) is 5.96. The van der Waals surface area contributed by atoms with Crippen LogP contribution >= 0.6 is 0 Å². The highest BCUT2D eigenvalue weighted by Crippen LogP contribution is 2.01. The number of primary amides is 1. The first-order chi connectivity index (χ1) is 9.49. The molecular formula is C13H18N4O3. The van der Waals surface area contributed by atoms with Crippen molar-refractivity contribution in [1.29, 1.82) is 0 Å². The van der Waals surface area contributed by atoms with Gasteiger partial charge in [0.15, 0.2) is 0 Å². The number of benzene rings is 1. The number of nitrogens with one attached hydrogen (secondary N) is 2. The number of rotatable bonds is 6. The van der Waals surface area contributed by atoms with E-state index in [4.69, 9.17) is 11.5 Å². The van der Waals surface area contributed by atoms with Gasteiger partial charge in [0.1, 0.15) is 0 Å². The molecule has 0 aromatic heterocycles. The number of nitrogens with two attached hydrogens (primary N) is 2. The fraction of sp³-hybridized carbons (Fsp3) is 0.308. The Morgan fingerprint density at radius 1 is 1.15 bits per heavy atom. The van der Waals surface area contributed by atoms with Crippen LogP contribution in [0.4, 0.5) is 4.79 Å². The molecule has 1 aromatic carbocycles. The lowest BCUT2D eigenvalue weighted by atomic mass is 10.1. The first kappa shape index (κ1) is 15.6. The molecule has 0 unspecified atom stereocenters. The maximum absolute atomic E-state index is 11.7. The predicted molar refractivity (Wildman–Crippen MR) is 73.5 cm³/mol. The third-order valence-corrected chi connectivity index (χ3v) is 2.55. The Balaban J connectivity index is 2.28. The molecule has 4 amide bonds. The van der Waals surface area contributed by atoms with E-state index < -0.39 is 18.0 Å². The molecule has 6 N–H and O–H groups in total. The van der Waals surface area contributed by atoms with Gasteiger partial charge in [0, 0.05) is 13.0 Å². The number of hydrogen-bond donors (Lipinski definition) is 4. The third-order valence-electron chi connectivity index (χ3n) is 2.55. The van der Waals surface area contributed by atoms with E-state index in [2.05, 4.69) is 5.32 Å². The lowest BCUT2D eigenvalue weighted by Crippen LogP contribution is -2.43. The van der Waals surface area contributed by atoms with E-state index in [-0.39, 0.29) is 18.9 Å². The van der Waals surface area contributed by atoms with Gasteiger partial charge in [0.25, 0.3) is 0 Å². The number of amides is 4. The molecule has 0 aliphatic rings. The second-order valence-electron chi connectivity index (χ2n) is 4.25. The first-order valence-corrected chi connectivity index (χ1v) is 6.15. The van der Waals surface area contributed by atoms with Gasteiger partial charge in [-0.2, -0.15) is 0 Å². The van der Waals surface area contributed by atoms with Crippen LogP contribution in [0, 0.1) is 0 Å². The summed E-state index contributed by atoms with van der Waals surface area (Å²) < 4.78 is 0. The largest absolute Gasteiger partial charge is 0.354 e. The molecular weight excluding hydrogens is 260 g/mol. The van der Waals surface area contributed by atoms with Crippen molar-refractivity contribution in [1.82, 2.24) is 10.6 Å². The summed E-state index contributed by atoms with van der Waals surface area (Å²) in [6, 6.07) is 7.79. The minimum atomic E-state index is -0.915. The zero-order valence-electron chi connectivity index (χ0n) is 11.0. The Morgan fingerprint density at radius 2 is 1.80 bits per heavy atom. The summed E-state index contributed by atoms with van der Waals surface area (Å²) in [5.41, 5.74) is 11.5. The van der Waals surface area contributed by atoms with Gasteiger partial charge in [-0.1, -0.05) is 30.3 Å². The van der Waals surface area contributed by atoms with Gasteiger partial charge in [-0.15, -0.1) is 0 Å². The lowest BCUT2D eigenvalue weighted by molar-refractivity contribution is -0.122. The highest BCUT2D eigenvalue weighted by atomic mass is 16.2. The number of hydrogen-bond acceptors (Lipinski definition) is 4. The molecule has 0 heterocycles. The normalized spacial score (nSPS) is 11.4. The number of urea groups is 1. The van der Waals surface area contributed by atoms with Crippen molar-refractivity contribution >= 4 is 17.8 Å². The second-order valence-corrected chi connectivity index (χ2v) is 4.25. The zero-order valence-corrected chi connectivity index (χ0v) is 11.0. The van der Waals surface area contributed by atoms with Crippen molar-refractivity contribution < 1.29 is 14.4 Å². The minimum absolute atomic E-state index is 0.0350. The second kappa shape index (κ2) is 7.90. The van der Waals surface area contributed by atoms with E-state index >= 15 is 0 Å². The molecule has 0 radical (unpaired) electrons. The Hall–Kier alpha value is -2.41. The summed E-state index contributed by atoms with van der Waals surface area (Å²) in [6.45, 7) is 0.0977. The van der Waals surface area contributed by atoms with E-state index in [1.54, 1.807) is 0 Å². The molecule has 0 saturated carbocycles. The summed E-state index contributed by atoms with van der Waals surface area (Å²) in [5.74, 6) is -0.893. The SMILES string of the molecule is NC(=O)NC(=O)CCNC(=O)[C@@H](N)Cc1ccccc1. The van der Waals surface area contributed by atoms with Crippen LogP contribution in [0.15, 0.2) is 30.3 Å². The van der Waals surface area contributed by atoms with Crippen LogP contribution in [0.3, 0.4) is 0 Å². The van der Waals surface area contributed by atoms with Gasteiger partial charge in [-0.05, 0) is 12.0 Å². The van der Waals surface area contributed by atoms with Crippen LogP contribution in [-0.2, 0) is 16.0 Å². The zero-order chi connectivity index (χ0) is 15.0. The topological polar surface area (TPSA) is 127 Å². The standard InChI is InChI=1S/C13H18N4O3/c14-10(8-9-4-2-1-3-5-9)12(19)16-7-6-11(18)17-13(15)20/h1-5,10H,6-8,14H2,(H,16,19)(H3,15,17,18,20)/t10-/m0/s1. The van der Waals surface area contributed by atoms with Gasteiger partial charge in [-0.3, -0.25) is 14.9 Å². The van der Waals surface area contributed by atoms with Crippen molar-refractivity contribution in [2.45, 2.75) is 18.9 Å². The van der Waals surface area contributed by atoms with E-state index in [9.17, 15) is 14.4 Å². The van der Waals surface area contributed by atoms with Gasteiger partial charge in [0.2, 0.25) is 11.8 Å². The quantitative estimate of drug-likeness (QED) is 0.546. The molecule has 0 saturated heterocycles. The van der Waals surface area contributed by atoms with Crippen molar-refractivity contribution in [3.05, 3.63) is 35.9 Å². The van der Waals surface area contributed by atoms with Gasteiger partial charge in [-0.25, -0.2) is 4.79 Å². The molecule has 7 heteroatoms. The highest BCUT2D eigenvalue weighted by molar-refractivity contribution is 5.93. The smallest absolute Gasteiger partial charge is 0.318 e. The first-order valence-electron chi connectivity index (χ1n) is 6.15. The molecule has 20 heavy (non-hydrogen) atoms. The van der Waals surface area contributed by atoms with Crippen molar-refractivity contribution in [2.75, 3.05) is 6.54 Å². The molecule has 108 valence electrons. The van der Waals surface area contributed by atoms with E-state index in [0.717, 1.165) is 5.56 Å². The number of carbonyl (C=O) groups excluding carboxylic acids is 3. The number of carbonyl (C=O) groups is 3. The van der Waals surface area contributed by atoms with E-state index in [1.807, 2.05) is 35.6 Å². The fourth-order valence-electron chi connectivity index (χ4n) is 1.59. The van der Waals surface area contributed by atoms with Gasteiger partial charge >= 0.3 is 6.03 Å². The van der Waals surface area contributed by atoms with E-state index in [0.29, 0.717) is 6.42 Å². The monoisotopic (exact) mass is 278 g/mol.